The number of ether oxygens (including phenoxy) is 2. The van der Waals surface area contributed by atoms with E-state index in [-0.39, 0.29) is 18.6 Å². The minimum absolute atomic E-state index is 0.0307. The summed E-state index contributed by atoms with van der Waals surface area (Å²) in [5.74, 6) is 0.955. The zero-order chi connectivity index (χ0) is 17.6. The lowest BCUT2D eigenvalue weighted by molar-refractivity contribution is -0.135. The van der Waals surface area contributed by atoms with E-state index in [0.29, 0.717) is 29.7 Å². The molecule has 1 saturated heterocycles. The van der Waals surface area contributed by atoms with Crippen LogP contribution < -0.4 is 9.47 Å². The number of likely N-dealkylation sites (tertiary alicyclic amines) is 1. The van der Waals surface area contributed by atoms with E-state index in [1.165, 1.54) is 0 Å². The van der Waals surface area contributed by atoms with Crippen molar-refractivity contribution in [3.05, 3.63) is 46.3 Å². The predicted molar refractivity (Wildman–Crippen MR) is 96.9 cm³/mol. The summed E-state index contributed by atoms with van der Waals surface area (Å²) in [5, 5.41) is 0.471. The second-order valence-electron chi connectivity index (χ2n) is 5.61. The molecule has 6 nitrogen and oxygen atoms in total. The third-order valence-corrected chi connectivity index (χ3v) is 4.66. The molecule has 8 heteroatoms. The predicted octanol–water partition coefficient (Wildman–Crippen LogP) is 3.34. The number of rotatable bonds is 5. The second-order valence-corrected chi connectivity index (χ2v) is 6.93. The molecule has 3 rings (SSSR count). The van der Waals surface area contributed by atoms with Gasteiger partial charge in [-0.3, -0.25) is 9.78 Å². The average molecular weight is 427 g/mol. The summed E-state index contributed by atoms with van der Waals surface area (Å²) in [6.07, 6.45) is 6.34. The van der Waals surface area contributed by atoms with Crippen molar-refractivity contribution in [3.63, 3.8) is 0 Å². The van der Waals surface area contributed by atoms with Crippen molar-refractivity contribution in [2.45, 2.75) is 18.9 Å². The summed E-state index contributed by atoms with van der Waals surface area (Å²) in [4.78, 5) is 22.2. The summed E-state index contributed by atoms with van der Waals surface area (Å²) >= 11 is 9.42. The smallest absolute Gasteiger partial charge is 0.260 e. The summed E-state index contributed by atoms with van der Waals surface area (Å²) in [7, 11) is 0. The number of hydrogen-bond acceptors (Lipinski definition) is 5. The molecule has 1 aromatic carbocycles. The third-order valence-electron chi connectivity index (χ3n) is 3.87. The minimum Gasteiger partial charge on any atom is -0.482 e. The number of amides is 1. The van der Waals surface area contributed by atoms with Gasteiger partial charge in [-0.25, -0.2) is 4.98 Å². The maximum absolute atomic E-state index is 12.3. The van der Waals surface area contributed by atoms with E-state index in [2.05, 4.69) is 25.9 Å². The van der Waals surface area contributed by atoms with Gasteiger partial charge >= 0.3 is 0 Å². The van der Waals surface area contributed by atoms with Crippen LogP contribution in [0.15, 0.2) is 41.3 Å². The van der Waals surface area contributed by atoms with Gasteiger partial charge in [0.05, 0.1) is 11.2 Å². The summed E-state index contributed by atoms with van der Waals surface area (Å²) in [6.45, 7) is 1.22. The summed E-state index contributed by atoms with van der Waals surface area (Å²) in [5.41, 5.74) is 0. The van der Waals surface area contributed by atoms with Gasteiger partial charge in [0.2, 0.25) is 5.88 Å². The lowest BCUT2D eigenvalue weighted by Crippen LogP contribution is -2.43. The fourth-order valence-electron chi connectivity index (χ4n) is 2.56. The second kappa shape index (κ2) is 8.49. The van der Waals surface area contributed by atoms with E-state index < -0.39 is 0 Å². The Kier molecular flexibility index (Phi) is 6.09. The van der Waals surface area contributed by atoms with E-state index in [1.807, 2.05) is 6.07 Å². The van der Waals surface area contributed by atoms with Crippen molar-refractivity contribution in [2.75, 3.05) is 19.7 Å². The van der Waals surface area contributed by atoms with Gasteiger partial charge in [-0.1, -0.05) is 27.5 Å². The number of nitrogens with zero attached hydrogens (tertiary/aromatic N) is 3. The molecular weight excluding hydrogens is 410 g/mol. The van der Waals surface area contributed by atoms with Crippen LogP contribution in [0, 0.1) is 0 Å². The first-order valence-corrected chi connectivity index (χ1v) is 9.07. The quantitative estimate of drug-likeness (QED) is 0.734. The Morgan fingerprint density at radius 2 is 2.12 bits per heavy atom. The van der Waals surface area contributed by atoms with E-state index in [1.54, 1.807) is 35.6 Å². The Balaban J connectivity index is 1.45. The van der Waals surface area contributed by atoms with Gasteiger partial charge in [-0.2, -0.15) is 0 Å². The number of carbonyl (C=O) groups is 1. The highest BCUT2D eigenvalue weighted by molar-refractivity contribution is 9.10. The largest absolute Gasteiger partial charge is 0.482 e. The molecule has 0 unspecified atom stereocenters. The van der Waals surface area contributed by atoms with E-state index in [0.717, 1.165) is 17.3 Å². The highest BCUT2D eigenvalue weighted by atomic mass is 79.9. The first kappa shape index (κ1) is 17.9. The molecule has 0 radical (unpaired) electrons. The third kappa shape index (κ3) is 5.06. The molecule has 132 valence electrons. The van der Waals surface area contributed by atoms with Gasteiger partial charge in [0.1, 0.15) is 11.9 Å². The Bertz CT molecular complexity index is 724. The lowest BCUT2D eigenvalue weighted by atomic mass is 10.1. The zero-order valence-corrected chi connectivity index (χ0v) is 15.7. The van der Waals surface area contributed by atoms with Crippen LogP contribution in [0.2, 0.25) is 5.02 Å². The van der Waals surface area contributed by atoms with Crippen molar-refractivity contribution >= 4 is 33.4 Å². The number of aromatic nitrogens is 2. The van der Waals surface area contributed by atoms with Crippen LogP contribution in [0.5, 0.6) is 11.6 Å². The van der Waals surface area contributed by atoms with Gasteiger partial charge in [0.25, 0.3) is 5.91 Å². The Morgan fingerprint density at radius 1 is 1.32 bits per heavy atom. The number of piperidine rings is 1. The molecule has 0 N–H and O–H groups in total. The molecule has 0 spiro atoms. The summed E-state index contributed by atoms with van der Waals surface area (Å²) < 4.78 is 12.2. The molecule has 1 aromatic heterocycles. The topological polar surface area (TPSA) is 64.5 Å². The number of benzene rings is 1. The molecule has 0 aliphatic carbocycles. The molecule has 0 atom stereocenters. The first-order valence-electron chi connectivity index (χ1n) is 7.90. The summed E-state index contributed by atoms with van der Waals surface area (Å²) in [6, 6.07) is 5.29. The molecule has 1 fully saturated rings. The highest BCUT2D eigenvalue weighted by Gasteiger charge is 2.24. The maximum atomic E-state index is 12.3. The maximum Gasteiger partial charge on any atom is 0.260 e. The Morgan fingerprint density at radius 3 is 2.80 bits per heavy atom. The number of hydrogen-bond donors (Lipinski definition) is 0. The van der Waals surface area contributed by atoms with E-state index in [4.69, 9.17) is 21.1 Å². The van der Waals surface area contributed by atoms with Crippen LogP contribution in [0.3, 0.4) is 0 Å². The average Bonchev–Trinajstić information content (AvgIpc) is 2.62. The van der Waals surface area contributed by atoms with Crippen molar-refractivity contribution < 1.29 is 14.3 Å². The Hall–Kier alpha value is -1.86. The number of carbonyl (C=O) groups excluding carboxylic acids is 1. The monoisotopic (exact) mass is 425 g/mol. The fraction of sp³-hybridized carbons (Fsp3) is 0.353. The van der Waals surface area contributed by atoms with Crippen molar-refractivity contribution in [1.82, 2.24) is 14.9 Å². The molecule has 1 aliphatic rings. The zero-order valence-electron chi connectivity index (χ0n) is 13.4. The molecule has 0 bridgehead atoms. The molecule has 0 saturated carbocycles. The molecule has 25 heavy (non-hydrogen) atoms. The van der Waals surface area contributed by atoms with E-state index >= 15 is 0 Å². The van der Waals surface area contributed by atoms with E-state index in [9.17, 15) is 4.79 Å². The molecule has 1 amide bonds. The first-order chi connectivity index (χ1) is 12.1. The van der Waals surface area contributed by atoms with Crippen molar-refractivity contribution in [2.24, 2.45) is 0 Å². The van der Waals surface area contributed by atoms with Gasteiger partial charge < -0.3 is 14.4 Å². The molecule has 2 heterocycles. The minimum atomic E-state index is -0.0584. The lowest BCUT2D eigenvalue weighted by Gasteiger charge is -2.31. The van der Waals surface area contributed by atoms with Gasteiger partial charge in [-0.05, 0) is 18.2 Å². The van der Waals surface area contributed by atoms with Gasteiger partial charge in [-0.15, -0.1) is 0 Å². The molecular formula is C17H17BrClN3O3. The van der Waals surface area contributed by atoms with Crippen molar-refractivity contribution in [1.29, 1.82) is 0 Å². The standard InChI is InChI=1S/C17H17BrClN3O3/c18-12-1-2-15(14(19)9-12)24-11-17(23)22-7-3-13(4-8-22)25-16-10-20-5-6-21-16/h1-2,5-6,9-10,13H,3-4,7-8,11H2. The van der Waals surface area contributed by atoms with Crippen molar-refractivity contribution in [3.8, 4) is 11.6 Å². The highest BCUT2D eigenvalue weighted by Crippen LogP contribution is 2.27. The van der Waals surface area contributed by atoms with Crippen LogP contribution in [0.25, 0.3) is 0 Å². The normalized spacial score (nSPS) is 15.0. The SMILES string of the molecule is O=C(COc1ccc(Br)cc1Cl)N1CCC(Oc2cnccn2)CC1. The van der Waals surface area contributed by atoms with Crippen LogP contribution in [-0.2, 0) is 4.79 Å². The fourth-order valence-corrected chi connectivity index (χ4v) is 3.29. The number of halogens is 2. The van der Waals surface area contributed by atoms with Crippen LogP contribution in [0.1, 0.15) is 12.8 Å². The van der Waals surface area contributed by atoms with Crippen LogP contribution in [0.4, 0.5) is 0 Å². The van der Waals surface area contributed by atoms with Crippen LogP contribution >= 0.6 is 27.5 Å². The van der Waals surface area contributed by atoms with Gasteiger partial charge in [0, 0.05) is 42.8 Å². The van der Waals surface area contributed by atoms with Crippen LogP contribution in [-0.4, -0.2) is 46.6 Å². The molecule has 2 aromatic rings. The molecule has 1 aliphatic heterocycles. The van der Waals surface area contributed by atoms with Gasteiger partial charge in [0.15, 0.2) is 6.61 Å². The Labute approximate surface area is 159 Å².